The van der Waals surface area contributed by atoms with Crippen molar-refractivity contribution in [1.82, 2.24) is 9.97 Å². The highest BCUT2D eigenvalue weighted by Crippen LogP contribution is 2.22. The number of methoxy groups -OCH3 is 1. The Hall–Kier alpha value is -1.46. The van der Waals surface area contributed by atoms with E-state index in [0.29, 0.717) is 0 Å². The lowest BCUT2D eigenvalue weighted by molar-refractivity contribution is -0.141. The summed E-state index contributed by atoms with van der Waals surface area (Å²) in [6.45, 7) is 1.75. The number of fused-ring (bicyclic) bond motifs is 1. The van der Waals surface area contributed by atoms with Crippen LogP contribution >= 0.6 is 24.8 Å². The molecule has 1 unspecified atom stereocenters. The fraction of sp³-hybridized carbons (Fsp3) is 0.273. The minimum absolute atomic E-state index is 0. The first-order valence-electron chi connectivity index (χ1n) is 4.98. The van der Waals surface area contributed by atoms with Crippen LogP contribution < -0.4 is 5.32 Å². The zero-order valence-corrected chi connectivity index (χ0v) is 11.6. The summed E-state index contributed by atoms with van der Waals surface area (Å²) in [6, 6.07) is 1.49. The molecule has 2 aromatic rings. The summed E-state index contributed by atoms with van der Waals surface area (Å²) in [5.41, 5.74) is 1.83. The fourth-order valence-electron chi connectivity index (χ4n) is 1.55. The molecule has 2 aromatic heterocycles. The van der Waals surface area contributed by atoms with E-state index < -0.39 is 0 Å². The SMILES string of the molecule is COC(=O)C(C)Nc1c[nH]c2ccncc12.Cl.Cl. The van der Waals surface area contributed by atoms with Gasteiger partial charge in [0, 0.05) is 24.0 Å². The topological polar surface area (TPSA) is 67.0 Å². The molecule has 0 radical (unpaired) electrons. The molecule has 2 rings (SSSR count). The summed E-state index contributed by atoms with van der Waals surface area (Å²) in [4.78, 5) is 18.4. The van der Waals surface area contributed by atoms with Gasteiger partial charge in [0.1, 0.15) is 6.04 Å². The van der Waals surface area contributed by atoms with Gasteiger partial charge in [0.25, 0.3) is 0 Å². The molecular weight excluding hydrogens is 277 g/mol. The van der Waals surface area contributed by atoms with Crippen LogP contribution in [0.5, 0.6) is 0 Å². The monoisotopic (exact) mass is 291 g/mol. The number of hydrogen-bond donors (Lipinski definition) is 2. The molecule has 0 saturated heterocycles. The van der Waals surface area contributed by atoms with E-state index >= 15 is 0 Å². The van der Waals surface area contributed by atoms with E-state index in [-0.39, 0.29) is 36.8 Å². The molecule has 0 aliphatic carbocycles. The minimum atomic E-state index is -0.385. The Morgan fingerprint density at radius 1 is 1.50 bits per heavy atom. The van der Waals surface area contributed by atoms with Crippen molar-refractivity contribution in [2.45, 2.75) is 13.0 Å². The first-order chi connectivity index (χ1) is 7.72. The molecule has 7 heteroatoms. The lowest BCUT2D eigenvalue weighted by atomic mass is 10.2. The Morgan fingerprint density at radius 3 is 2.89 bits per heavy atom. The first-order valence-corrected chi connectivity index (χ1v) is 4.98. The van der Waals surface area contributed by atoms with E-state index in [0.717, 1.165) is 16.6 Å². The Balaban J connectivity index is 0.00000144. The van der Waals surface area contributed by atoms with Crippen molar-refractivity contribution in [3.63, 3.8) is 0 Å². The fourth-order valence-corrected chi connectivity index (χ4v) is 1.55. The van der Waals surface area contributed by atoms with Gasteiger partial charge in [0.05, 0.1) is 18.3 Å². The second-order valence-electron chi connectivity index (χ2n) is 3.51. The maximum absolute atomic E-state index is 11.3. The Labute approximate surface area is 117 Å². The van der Waals surface area contributed by atoms with E-state index in [1.807, 2.05) is 12.3 Å². The third kappa shape index (κ3) is 3.27. The Morgan fingerprint density at radius 2 is 2.22 bits per heavy atom. The summed E-state index contributed by atoms with van der Waals surface area (Å²) in [5, 5.41) is 4.03. The number of halogens is 2. The van der Waals surface area contributed by atoms with Gasteiger partial charge in [-0.3, -0.25) is 4.98 Å². The van der Waals surface area contributed by atoms with Crippen LogP contribution in [-0.2, 0) is 9.53 Å². The smallest absolute Gasteiger partial charge is 0.327 e. The molecule has 2 N–H and O–H groups in total. The molecule has 1 atom stereocenters. The summed E-state index contributed by atoms with van der Waals surface area (Å²) in [5.74, 6) is -0.293. The number of aromatic amines is 1. The number of ether oxygens (including phenoxy) is 1. The number of H-pyrrole nitrogens is 1. The van der Waals surface area contributed by atoms with E-state index in [1.54, 1.807) is 19.3 Å². The number of nitrogens with one attached hydrogen (secondary N) is 2. The maximum atomic E-state index is 11.3. The van der Waals surface area contributed by atoms with Crippen LogP contribution in [0.15, 0.2) is 24.7 Å². The number of aromatic nitrogens is 2. The van der Waals surface area contributed by atoms with Gasteiger partial charge in [0.2, 0.25) is 0 Å². The van der Waals surface area contributed by atoms with Crippen LogP contribution in [0.4, 0.5) is 5.69 Å². The van der Waals surface area contributed by atoms with Gasteiger partial charge in [-0.25, -0.2) is 4.79 Å². The molecule has 18 heavy (non-hydrogen) atoms. The number of nitrogens with zero attached hydrogens (tertiary/aromatic N) is 1. The van der Waals surface area contributed by atoms with Crippen molar-refractivity contribution >= 4 is 47.4 Å². The Kier molecular flexibility index (Phi) is 6.51. The van der Waals surface area contributed by atoms with Gasteiger partial charge in [-0.2, -0.15) is 0 Å². The van der Waals surface area contributed by atoms with Gasteiger partial charge >= 0.3 is 5.97 Å². The van der Waals surface area contributed by atoms with Gasteiger partial charge in [-0.1, -0.05) is 0 Å². The first kappa shape index (κ1) is 16.5. The van der Waals surface area contributed by atoms with Gasteiger partial charge in [-0.05, 0) is 13.0 Å². The average Bonchev–Trinajstić information content (AvgIpc) is 2.72. The highest BCUT2D eigenvalue weighted by molar-refractivity contribution is 5.93. The van der Waals surface area contributed by atoms with Crippen LogP contribution in [-0.4, -0.2) is 29.1 Å². The number of rotatable bonds is 3. The second-order valence-corrected chi connectivity index (χ2v) is 3.51. The lowest BCUT2D eigenvalue weighted by Gasteiger charge is -2.11. The predicted octanol–water partition coefficient (Wildman–Crippen LogP) is 2.38. The quantitative estimate of drug-likeness (QED) is 0.852. The van der Waals surface area contributed by atoms with Crippen LogP contribution in [0.2, 0.25) is 0 Å². The molecule has 0 aromatic carbocycles. The number of anilines is 1. The van der Waals surface area contributed by atoms with Crippen molar-refractivity contribution in [3.05, 3.63) is 24.7 Å². The minimum Gasteiger partial charge on any atom is -0.467 e. The maximum Gasteiger partial charge on any atom is 0.327 e. The van der Waals surface area contributed by atoms with Crippen molar-refractivity contribution in [2.24, 2.45) is 0 Å². The molecule has 0 saturated carbocycles. The molecule has 0 bridgehead atoms. The zero-order chi connectivity index (χ0) is 11.5. The molecule has 0 fully saturated rings. The molecule has 0 aliphatic heterocycles. The number of hydrogen-bond acceptors (Lipinski definition) is 4. The molecule has 0 aliphatic rings. The van der Waals surface area contributed by atoms with Crippen LogP contribution in [0.3, 0.4) is 0 Å². The second kappa shape index (κ2) is 7.08. The van der Waals surface area contributed by atoms with E-state index in [2.05, 4.69) is 20.0 Å². The van der Waals surface area contributed by atoms with Gasteiger partial charge in [0.15, 0.2) is 0 Å². The molecule has 5 nitrogen and oxygen atoms in total. The van der Waals surface area contributed by atoms with Gasteiger partial charge < -0.3 is 15.0 Å². The van der Waals surface area contributed by atoms with E-state index in [1.165, 1.54) is 7.11 Å². The summed E-state index contributed by atoms with van der Waals surface area (Å²) >= 11 is 0. The van der Waals surface area contributed by atoms with Crippen molar-refractivity contribution in [1.29, 1.82) is 0 Å². The highest BCUT2D eigenvalue weighted by atomic mass is 35.5. The molecule has 0 amide bonds. The van der Waals surface area contributed by atoms with E-state index in [4.69, 9.17) is 0 Å². The molecule has 2 heterocycles. The molecule has 0 spiro atoms. The largest absolute Gasteiger partial charge is 0.467 e. The van der Waals surface area contributed by atoms with Crippen LogP contribution in [0.25, 0.3) is 10.9 Å². The van der Waals surface area contributed by atoms with Crippen molar-refractivity contribution in [3.8, 4) is 0 Å². The van der Waals surface area contributed by atoms with E-state index in [9.17, 15) is 4.79 Å². The van der Waals surface area contributed by atoms with Crippen LogP contribution in [0.1, 0.15) is 6.92 Å². The van der Waals surface area contributed by atoms with Crippen molar-refractivity contribution < 1.29 is 9.53 Å². The number of esters is 1. The average molecular weight is 292 g/mol. The highest BCUT2D eigenvalue weighted by Gasteiger charge is 2.14. The normalized spacial score (nSPS) is 11.0. The third-order valence-corrected chi connectivity index (χ3v) is 2.41. The van der Waals surface area contributed by atoms with Gasteiger partial charge in [-0.15, -0.1) is 24.8 Å². The summed E-state index contributed by atoms with van der Waals surface area (Å²) in [6.07, 6.45) is 5.27. The number of pyridine rings is 1. The number of carbonyl (C=O) groups excluding carboxylic acids is 1. The number of carbonyl (C=O) groups is 1. The summed E-state index contributed by atoms with van der Waals surface area (Å²) < 4.78 is 4.65. The van der Waals surface area contributed by atoms with Crippen LogP contribution in [0, 0.1) is 0 Å². The third-order valence-electron chi connectivity index (χ3n) is 2.41. The Bertz CT molecular complexity index is 516. The molecule has 100 valence electrons. The lowest BCUT2D eigenvalue weighted by Crippen LogP contribution is -2.26. The standard InChI is InChI=1S/C11H13N3O2.2ClH/c1-7(11(15)16-2)14-10-6-13-9-3-4-12-5-8(9)10;;/h3-7,13-14H,1-2H3;2*1H. The van der Waals surface area contributed by atoms with Crippen molar-refractivity contribution in [2.75, 3.05) is 12.4 Å². The summed E-state index contributed by atoms with van der Waals surface area (Å²) in [7, 11) is 1.37. The zero-order valence-electron chi connectivity index (χ0n) is 9.97. The molecular formula is C11H15Cl2N3O2. The predicted molar refractivity (Wildman–Crippen MR) is 75.7 cm³/mol.